The van der Waals surface area contributed by atoms with Crippen LogP contribution in [-0.4, -0.2) is 53.3 Å². The Morgan fingerprint density at radius 1 is 0.745 bits per heavy atom. The Morgan fingerprint density at radius 2 is 1.36 bits per heavy atom. The lowest BCUT2D eigenvalue weighted by atomic mass is 10.0. The Labute approximate surface area is 285 Å². The number of unbranched alkanes of at least 4 members (excludes halogenated alkanes) is 10. The number of rotatable bonds is 31. The van der Waals surface area contributed by atoms with Gasteiger partial charge in [0.25, 0.3) is 0 Å². The van der Waals surface area contributed by atoms with Crippen LogP contribution in [0, 0.1) is 5.92 Å². The van der Waals surface area contributed by atoms with Crippen LogP contribution in [0.4, 0.5) is 0 Å². The van der Waals surface area contributed by atoms with Crippen molar-refractivity contribution in [1.82, 2.24) is 0 Å². The van der Waals surface area contributed by atoms with E-state index in [1.165, 1.54) is 51.4 Å². The highest BCUT2D eigenvalue weighted by Gasteiger charge is 2.36. The van der Waals surface area contributed by atoms with E-state index >= 15 is 0 Å². The third-order valence-electron chi connectivity index (χ3n) is 8.01. The number of esters is 2. The minimum Gasteiger partial charge on any atom is -0.462 e. The highest BCUT2D eigenvalue weighted by Crippen LogP contribution is 2.36. The average Bonchev–Trinajstić information content (AvgIpc) is 3.77. The number of carbonyl (C=O) groups excluding carboxylic acids is 2. The molecule has 0 amide bonds. The summed E-state index contributed by atoms with van der Waals surface area (Å²) in [6.07, 6.45) is 31.9. The van der Waals surface area contributed by atoms with E-state index in [-0.39, 0.29) is 31.7 Å². The third-order valence-corrected chi connectivity index (χ3v) is 8.50. The number of hydrogen-bond acceptors (Lipinski definition) is 7. The number of hydrogen-bond donors (Lipinski definition) is 2. The third kappa shape index (κ3) is 28.9. The molecule has 0 saturated carbocycles. The average molecular weight is 685 g/mol. The van der Waals surface area contributed by atoms with Crippen LogP contribution in [0.1, 0.15) is 149 Å². The number of epoxide rings is 1. The van der Waals surface area contributed by atoms with Crippen molar-refractivity contribution in [2.24, 2.45) is 5.92 Å². The zero-order chi connectivity index (χ0) is 34.6. The first-order valence-electron chi connectivity index (χ1n) is 18.3. The molecule has 47 heavy (non-hydrogen) atoms. The summed E-state index contributed by atoms with van der Waals surface area (Å²) in [5.74, 6) is -0.196. The molecule has 0 bridgehead atoms. The molecule has 1 rings (SSSR count). The SMILES string of the molecule is CCCCC/C=C\C/C=C\C/C=C\CC1OC1CCCC(=O)O[C@H](COC(=O)CCCCCCCCCCC(C)C)COP(=O)(O)O. The molecule has 1 fully saturated rings. The Morgan fingerprint density at radius 3 is 2.02 bits per heavy atom. The lowest BCUT2D eigenvalue weighted by Gasteiger charge is -2.18. The van der Waals surface area contributed by atoms with Gasteiger partial charge in [0.2, 0.25) is 0 Å². The minimum absolute atomic E-state index is 0.116. The fraction of sp³-hybridized carbons (Fsp3) is 0.784. The van der Waals surface area contributed by atoms with Gasteiger partial charge in [-0.15, -0.1) is 0 Å². The Balaban J connectivity index is 2.18. The Bertz CT molecular complexity index is 940. The summed E-state index contributed by atoms with van der Waals surface area (Å²) in [5, 5.41) is 0. The van der Waals surface area contributed by atoms with Crippen molar-refractivity contribution in [1.29, 1.82) is 0 Å². The maximum absolute atomic E-state index is 12.4. The molecule has 1 heterocycles. The molecule has 1 aliphatic heterocycles. The first-order valence-corrected chi connectivity index (χ1v) is 19.8. The molecular formula is C37H65O9P. The van der Waals surface area contributed by atoms with Crippen LogP contribution in [-0.2, 0) is 32.9 Å². The van der Waals surface area contributed by atoms with Gasteiger partial charge in [-0.25, -0.2) is 4.57 Å². The molecule has 2 N–H and O–H groups in total. The maximum atomic E-state index is 12.4. The topological polar surface area (TPSA) is 132 Å². The van der Waals surface area contributed by atoms with Crippen LogP contribution >= 0.6 is 7.82 Å². The summed E-state index contributed by atoms with van der Waals surface area (Å²) >= 11 is 0. The normalized spacial score (nSPS) is 17.3. The number of ether oxygens (including phenoxy) is 3. The Hall–Kier alpha value is -1.77. The fourth-order valence-electron chi connectivity index (χ4n) is 5.17. The molecule has 3 atom stereocenters. The molecule has 9 nitrogen and oxygen atoms in total. The van der Waals surface area contributed by atoms with E-state index in [9.17, 15) is 14.2 Å². The quantitative estimate of drug-likeness (QED) is 0.0241. The molecule has 2 unspecified atom stereocenters. The van der Waals surface area contributed by atoms with Crippen LogP contribution < -0.4 is 0 Å². The number of carbonyl (C=O) groups is 2. The molecular weight excluding hydrogens is 619 g/mol. The highest BCUT2D eigenvalue weighted by atomic mass is 31.2. The second kappa shape index (κ2) is 28.1. The molecule has 272 valence electrons. The summed E-state index contributed by atoms with van der Waals surface area (Å²) in [4.78, 5) is 42.7. The molecule has 1 saturated heterocycles. The van der Waals surface area contributed by atoms with Crippen molar-refractivity contribution in [2.45, 2.75) is 167 Å². The largest absolute Gasteiger partial charge is 0.469 e. The first kappa shape index (κ1) is 43.3. The lowest BCUT2D eigenvalue weighted by molar-refractivity contribution is -0.161. The zero-order valence-corrected chi connectivity index (χ0v) is 30.4. The standard InChI is InChI=1S/C37H65O9P/c1-4-5-6-7-8-9-10-11-12-16-19-22-26-34-35(46-34)27-24-29-37(39)45-33(31-44-47(40,41)42)30-43-36(38)28-23-20-17-14-13-15-18-21-25-32(2)3/h8-9,11-12,19,22,32-35H,4-7,10,13-18,20-21,23-31H2,1-3H3,(H2,40,41,42)/b9-8-,12-11-,22-19-/t33-,34?,35?/m1/s1. The first-order chi connectivity index (χ1) is 22.6. The number of phosphoric acid groups is 1. The zero-order valence-electron chi connectivity index (χ0n) is 29.5. The highest BCUT2D eigenvalue weighted by molar-refractivity contribution is 7.46. The van der Waals surface area contributed by atoms with Crippen LogP contribution in [0.3, 0.4) is 0 Å². The van der Waals surface area contributed by atoms with E-state index in [4.69, 9.17) is 24.0 Å². The van der Waals surface area contributed by atoms with E-state index in [2.05, 4.69) is 61.8 Å². The molecule has 0 aromatic heterocycles. The van der Waals surface area contributed by atoms with Crippen molar-refractivity contribution < 1.29 is 42.7 Å². The molecule has 0 aromatic carbocycles. The van der Waals surface area contributed by atoms with Crippen molar-refractivity contribution in [3.63, 3.8) is 0 Å². The van der Waals surface area contributed by atoms with Gasteiger partial charge in [-0.2, -0.15) is 0 Å². The molecule has 1 aliphatic rings. The maximum Gasteiger partial charge on any atom is 0.469 e. The van der Waals surface area contributed by atoms with Crippen molar-refractivity contribution in [3.8, 4) is 0 Å². The van der Waals surface area contributed by atoms with Crippen molar-refractivity contribution in [3.05, 3.63) is 36.5 Å². The predicted molar refractivity (Wildman–Crippen MR) is 188 cm³/mol. The summed E-state index contributed by atoms with van der Waals surface area (Å²) in [6, 6.07) is 0. The number of phosphoric ester groups is 1. The van der Waals surface area contributed by atoms with Crippen LogP contribution in [0.5, 0.6) is 0 Å². The molecule has 0 radical (unpaired) electrons. The van der Waals surface area contributed by atoms with E-state index in [0.29, 0.717) is 12.8 Å². The molecule has 0 aliphatic carbocycles. The predicted octanol–water partition coefficient (Wildman–Crippen LogP) is 9.46. The van der Waals surface area contributed by atoms with Crippen molar-refractivity contribution in [2.75, 3.05) is 13.2 Å². The van der Waals surface area contributed by atoms with E-state index in [0.717, 1.165) is 57.3 Å². The van der Waals surface area contributed by atoms with Gasteiger partial charge in [-0.3, -0.25) is 14.1 Å². The lowest BCUT2D eigenvalue weighted by Crippen LogP contribution is -2.29. The fourth-order valence-corrected chi connectivity index (χ4v) is 5.53. The van der Waals surface area contributed by atoms with Gasteiger partial charge in [-0.05, 0) is 57.3 Å². The van der Waals surface area contributed by atoms with Crippen molar-refractivity contribution >= 4 is 19.8 Å². The summed E-state index contributed by atoms with van der Waals surface area (Å²) < 4.78 is 32.0. The van der Waals surface area contributed by atoms with E-state index < -0.39 is 32.5 Å². The van der Waals surface area contributed by atoms with Crippen LogP contribution in [0.15, 0.2) is 36.5 Å². The Kier molecular flexibility index (Phi) is 25.9. The van der Waals surface area contributed by atoms with Gasteiger partial charge in [-0.1, -0.05) is 121 Å². The minimum atomic E-state index is -4.77. The van der Waals surface area contributed by atoms with Gasteiger partial charge in [0.05, 0.1) is 18.8 Å². The van der Waals surface area contributed by atoms with Gasteiger partial charge >= 0.3 is 19.8 Å². The molecule has 0 spiro atoms. The monoisotopic (exact) mass is 684 g/mol. The van der Waals surface area contributed by atoms with E-state index in [1.807, 2.05) is 0 Å². The van der Waals surface area contributed by atoms with Crippen LogP contribution in [0.25, 0.3) is 0 Å². The molecule has 10 heteroatoms. The van der Waals surface area contributed by atoms with E-state index in [1.54, 1.807) is 0 Å². The van der Waals surface area contributed by atoms with Crippen LogP contribution in [0.2, 0.25) is 0 Å². The smallest absolute Gasteiger partial charge is 0.462 e. The van der Waals surface area contributed by atoms with Gasteiger partial charge in [0.15, 0.2) is 6.10 Å². The molecule has 0 aromatic rings. The van der Waals surface area contributed by atoms with Gasteiger partial charge < -0.3 is 24.0 Å². The number of allylic oxidation sites excluding steroid dienone is 5. The summed E-state index contributed by atoms with van der Waals surface area (Å²) in [6.45, 7) is 5.85. The second-order valence-electron chi connectivity index (χ2n) is 13.1. The summed E-state index contributed by atoms with van der Waals surface area (Å²) in [7, 11) is -4.77. The van der Waals surface area contributed by atoms with Gasteiger partial charge in [0.1, 0.15) is 6.61 Å². The van der Waals surface area contributed by atoms with Gasteiger partial charge in [0, 0.05) is 12.8 Å². The summed E-state index contributed by atoms with van der Waals surface area (Å²) in [5.41, 5.74) is 0. The second-order valence-corrected chi connectivity index (χ2v) is 14.3.